The monoisotopic (exact) mass is 251 g/mol. The number of anilines is 1. The molecule has 0 spiro atoms. The van der Waals surface area contributed by atoms with E-state index in [1.807, 2.05) is 0 Å². The number of nitrogen functional groups attached to an aromatic ring is 1. The predicted octanol–water partition coefficient (Wildman–Crippen LogP) is 0.871. The van der Waals surface area contributed by atoms with E-state index in [0.29, 0.717) is 22.1 Å². The fourth-order valence-electron chi connectivity index (χ4n) is 1.42. The third kappa shape index (κ3) is 2.42. The van der Waals surface area contributed by atoms with Gasteiger partial charge in [0.1, 0.15) is 0 Å². The van der Waals surface area contributed by atoms with Crippen LogP contribution in [0, 0.1) is 0 Å². The highest BCUT2D eigenvalue weighted by atomic mass is 35.5. The molecule has 0 unspecified atom stereocenters. The number of ketones is 1. The van der Waals surface area contributed by atoms with Gasteiger partial charge in [0.25, 0.3) is 0 Å². The Morgan fingerprint density at radius 2 is 2.29 bits per heavy atom. The number of aryl methyl sites for hydroxylation is 1. The maximum atomic E-state index is 12.0. The second-order valence-electron chi connectivity index (χ2n) is 3.55. The lowest BCUT2D eigenvalue weighted by Gasteiger charge is -2.04. The third-order valence-electron chi connectivity index (χ3n) is 2.34. The molecule has 0 aliphatic carbocycles. The molecule has 0 radical (unpaired) electrons. The van der Waals surface area contributed by atoms with Crippen LogP contribution in [0.2, 0.25) is 5.02 Å². The largest absolute Gasteiger partial charge is 0.398 e. The van der Waals surface area contributed by atoms with Crippen LogP contribution in [-0.2, 0) is 13.5 Å². The molecule has 1 aromatic carbocycles. The number of aromatic nitrogens is 4. The SMILES string of the molecule is Cn1nnnc1CC(=O)c1ccc(Cl)cc1N. The lowest BCUT2D eigenvalue weighted by molar-refractivity contribution is 0.0990. The van der Waals surface area contributed by atoms with Crippen LogP contribution >= 0.6 is 11.6 Å². The molecular formula is C10H10ClN5O. The zero-order valence-corrected chi connectivity index (χ0v) is 9.85. The number of halogens is 1. The van der Waals surface area contributed by atoms with E-state index in [1.54, 1.807) is 25.2 Å². The van der Waals surface area contributed by atoms with Crippen molar-refractivity contribution in [2.75, 3.05) is 5.73 Å². The number of carbonyl (C=O) groups excluding carboxylic acids is 1. The van der Waals surface area contributed by atoms with Crippen LogP contribution in [0.5, 0.6) is 0 Å². The Hall–Kier alpha value is -1.95. The summed E-state index contributed by atoms with van der Waals surface area (Å²) in [5, 5.41) is 11.4. The summed E-state index contributed by atoms with van der Waals surface area (Å²) >= 11 is 5.76. The maximum Gasteiger partial charge on any atom is 0.172 e. The quantitative estimate of drug-likeness (QED) is 0.646. The van der Waals surface area contributed by atoms with E-state index >= 15 is 0 Å². The summed E-state index contributed by atoms with van der Waals surface area (Å²) in [6, 6.07) is 4.77. The van der Waals surface area contributed by atoms with Gasteiger partial charge in [-0.25, -0.2) is 4.68 Å². The molecule has 1 heterocycles. The number of carbonyl (C=O) groups is 1. The smallest absolute Gasteiger partial charge is 0.172 e. The van der Waals surface area contributed by atoms with Crippen LogP contribution in [0.25, 0.3) is 0 Å². The molecule has 0 amide bonds. The molecule has 7 heteroatoms. The Kier molecular flexibility index (Phi) is 3.06. The molecule has 2 aromatic rings. The minimum absolute atomic E-state index is 0.106. The van der Waals surface area contributed by atoms with Gasteiger partial charge in [-0.3, -0.25) is 4.79 Å². The van der Waals surface area contributed by atoms with E-state index in [1.165, 1.54) is 4.68 Å². The van der Waals surface area contributed by atoms with E-state index < -0.39 is 0 Å². The van der Waals surface area contributed by atoms with Crippen molar-refractivity contribution >= 4 is 23.1 Å². The molecule has 0 bridgehead atoms. The van der Waals surface area contributed by atoms with Crippen molar-refractivity contribution in [1.29, 1.82) is 0 Å². The average Bonchev–Trinajstić information content (AvgIpc) is 2.64. The van der Waals surface area contributed by atoms with Crippen molar-refractivity contribution in [1.82, 2.24) is 20.2 Å². The number of benzene rings is 1. The first kappa shape index (κ1) is 11.5. The average molecular weight is 252 g/mol. The summed E-state index contributed by atoms with van der Waals surface area (Å²) < 4.78 is 1.45. The number of hydrogen-bond acceptors (Lipinski definition) is 5. The Labute approximate surface area is 102 Å². The van der Waals surface area contributed by atoms with Crippen LogP contribution in [-0.4, -0.2) is 26.0 Å². The zero-order valence-electron chi connectivity index (χ0n) is 9.09. The number of rotatable bonds is 3. The van der Waals surface area contributed by atoms with Crippen molar-refractivity contribution in [2.45, 2.75) is 6.42 Å². The first-order valence-electron chi connectivity index (χ1n) is 4.87. The van der Waals surface area contributed by atoms with Gasteiger partial charge < -0.3 is 5.73 Å². The molecule has 0 aliphatic rings. The molecule has 0 fully saturated rings. The van der Waals surface area contributed by atoms with Gasteiger partial charge in [0.05, 0.1) is 6.42 Å². The van der Waals surface area contributed by atoms with E-state index in [0.717, 1.165) is 0 Å². The van der Waals surface area contributed by atoms with E-state index in [-0.39, 0.29) is 12.2 Å². The van der Waals surface area contributed by atoms with Gasteiger partial charge in [0.15, 0.2) is 11.6 Å². The van der Waals surface area contributed by atoms with Gasteiger partial charge in [0, 0.05) is 23.3 Å². The van der Waals surface area contributed by atoms with Gasteiger partial charge in [0.2, 0.25) is 0 Å². The van der Waals surface area contributed by atoms with Crippen molar-refractivity contribution in [3.05, 3.63) is 34.6 Å². The highest BCUT2D eigenvalue weighted by molar-refractivity contribution is 6.31. The lowest BCUT2D eigenvalue weighted by atomic mass is 10.1. The molecule has 6 nitrogen and oxygen atoms in total. The molecular weight excluding hydrogens is 242 g/mol. The Morgan fingerprint density at radius 3 is 2.88 bits per heavy atom. The summed E-state index contributed by atoms with van der Waals surface area (Å²) in [6.07, 6.45) is 0.106. The first-order valence-corrected chi connectivity index (χ1v) is 5.25. The van der Waals surface area contributed by atoms with Crippen LogP contribution in [0.4, 0.5) is 5.69 Å². The molecule has 2 N–H and O–H groups in total. The van der Waals surface area contributed by atoms with Gasteiger partial charge in [-0.05, 0) is 28.6 Å². The standard InChI is InChI=1S/C10H10ClN5O/c1-16-10(13-14-15-16)5-9(17)7-3-2-6(11)4-8(7)12/h2-4H,5,12H2,1H3. The van der Waals surface area contributed by atoms with Gasteiger partial charge in [-0.1, -0.05) is 11.6 Å². The minimum atomic E-state index is -0.142. The normalized spacial score (nSPS) is 10.5. The number of nitrogens with two attached hydrogens (primary N) is 1. The Balaban J connectivity index is 2.23. The third-order valence-corrected chi connectivity index (χ3v) is 2.58. The van der Waals surface area contributed by atoms with Crippen LogP contribution in [0.3, 0.4) is 0 Å². The van der Waals surface area contributed by atoms with E-state index in [2.05, 4.69) is 15.5 Å². The lowest BCUT2D eigenvalue weighted by Crippen LogP contribution is -2.11. The fourth-order valence-corrected chi connectivity index (χ4v) is 1.60. The summed E-state index contributed by atoms with van der Waals surface area (Å²) in [4.78, 5) is 12.0. The molecule has 0 atom stereocenters. The highest BCUT2D eigenvalue weighted by Gasteiger charge is 2.14. The Bertz CT molecular complexity index is 566. The molecule has 1 aromatic heterocycles. The summed E-state index contributed by atoms with van der Waals surface area (Å²) in [5.41, 5.74) is 6.51. The van der Waals surface area contributed by atoms with E-state index in [9.17, 15) is 4.79 Å². The van der Waals surface area contributed by atoms with Crippen molar-refractivity contribution in [2.24, 2.45) is 7.05 Å². The summed E-state index contributed by atoms with van der Waals surface area (Å²) in [6.45, 7) is 0. The Morgan fingerprint density at radius 1 is 1.53 bits per heavy atom. The van der Waals surface area contributed by atoms with Gasteiger partial charge in [-0.2, -0.15) is 0 Å². The highest BCUT2D eigenvalue weighted by Crippen LogP contribution is 2.19. The number of tetrazole rings is 1. The number of nitrogens with zero attached hydrogens (tertiary/aromatic N) is 4. The second-order valence-corrected chi connectivity index (χ2v) is 3.99. The molecule has 88 valence electrons. The van der Waals surface area contributed by atoms with Crippen LogP contribution < -0.4 is 5.73 Å². The molecule has 0 aliphatic heterocycles. The second kappa shape index (κ2) is 4.50. The topological polar surface area (TPSA) is 86.7 Å². The maximum absolute atomic E-state index is 12.0. The fraction of sp³-hybridized carbons (Fsp3) is 0.200. The zero-order chi connectivity index (χ0) is 12.4. The van der Waals surface area contributed by atoms with Crippen LogP contribution in [0.15, 0.2) is 18.2 Å². The molecule has 0 saturated carbocycles. The number of hydrogen-bond donors (Lipinski definition) is 1. The van der Waals surface area contributed by atoms with E-state index in [4.69, 9.17) is 17.3 Å². The van der Waals surface area contributed by atoms with Crippen molar-refractivity contribution < 1.29 is 4.79 Å². The van der Waals surface area contributed by atoms with Crippen LogP contribution in [0.1, 0.15) is 16.2 Å². The minimum Gasteiger partial charge on any atom is -0.398 e. The molecule has 17 heavy (non-hydrogen) atoms. The van der Waals surface area contributed by atoms with Gasteiger partial charge >= 0.3 is 0 Å². The molecule has 2 rings (SSSR count). The predicted molar refractivity (Wildman–Crippen MR) is 62.7 cm³/mol. The van der Waals surface area contributed by atoms with Crippen molar-refractivity contribution in [3.8, 4) is 0 Å². The van der Waals surface area contributed by atoms with Gasteiger partial charge in [-0.15, -0.1) is 5.10 Å². The van der Waals surface area contributed by atoms with Crippen molar-refractivity contribution in [3.63, 3.8) is 0 Å². The number of Topliss-reactive ketones (excluding diaryl/α,β-unsaturated/α-hetero) is 1. The molecule has 0 saturated heterocycles. The first-order chi connectivity index (χ1) is 8.08. The summed E-state index contributed by atoms with van der Waals surface area (Å²) in [5.74, 6) is 0.349. The summed E-state index contributed by atoms with van der Waals surface area (Å²) in [7, 11) is 1.67.